The molecular weight excluding hydrogens is 472 g/mol. The number of fused-ring (bicyclic) bond motifs is 1. The lowest BCUT2D eigenvalue weighted by Gasteiger charge is -2.22. The summed E-state index contributed by atoms with van der Waals surface area (Å²) < 4.78 is 0. The van der Waals surface area contributed by atoms with Crippen LogP contribution in [0.3, 0.4) is 0 Å². The van der Waals surface area contributed by atoms with Gasteiger partial charge >= 0.3 is 0 Å². The van der Waals surface area contributed by atoms with E-state index in [1.165, 1.54) is 18.4 Å². The molecule has 1 fully saturated rings. The number of hydrogen-bond donors (Lipinski definition) is 3. The average molecular weight is 503 g/mol. The van der Waals surface area contributed by atoms with Gasteiger partial charge in [0.15, 0.2) is 11.5 Å². The van der Waals surface area contributed by atoms with Gasteiger partial charge in [0.2, 0.25) is 0 Å². The van der Waals surface area contributed by atoms with Gasteiger partial charge in [-0.15, -0.1) is 0 Å². The Labute approximate surface area is 220 Å². The van der Waals surface area contributed by atoms with E-state index in [1.54, 1.807) is 12.4 Å². The molecule has 190 valence electrons. The highest BCUT2D eigenvalue weighted by atomic mass is 15.1. The van der Waals surface area contributed by atoms with E-state index < -0.39 is 0 Å². The van der Waals surface area contributed by atoms with Gasteiger partial charge < -0.3 is 10.3 Å². The molecule has 1 aliphatic heterocycles. The van der Waals surface area contributed by atoms with Crippen molar-refractivity contribution in [1.29, 1.82) is 0 Å². The summed E-state index contributed by atoms with van der Waals surface area (Å²) in [4.78, 5) is 21.7. The van der Waals surface area contributed by atoms with Crippen LogP contribution in [0.2, 0.25) is 0 Å². The molecule has 0 radical (unpaired) electrons. The molecule has 0 saturated carbocycles. The van der Waals surface area contributed by atoms with Crippen molar-refractivity contribution in [3.63, 3.8) is 0 Å². The number of piperidine rings is 1. The minimum absolute atomic E-state index is 0.618. The number of pyridine rings is 3. The summed E-state index contributed by atoms with van der Waals surface area (Å²) in [6, 6.07) is 10.0. The van der Waals surface area contributed by atoms with E-state index in [0.29, 0.717) is 23.1 Å². The van der Waals surface area contributed by atoms with Crippen molar-refractivity contribution < 1.29 is 0 Å². The molecule has 0 spiro atoms. The quantitative estimate of drug-likeness (QED) is 0.327. The fourth-order valence-electron chi connectivity index (χ4n) is 5.12. The molecule has 38 heavy (non-hydrogen) atoms. The van der Waals surface area contributed by atoms with Crippen LogP contribution in [0.15, 0.2) is 61.7 Å². The van der Waals surface area contributed by atoms with Gasteiger partial charge in [-0.1, -0.05) is 18.7 Å². The largest absolute Gasteiger partial charge is 0.335 e. The van der Waals surface area contributed by atoms with Gasteiger partial charge in [0.1, 0.15) is 5.69 Å². The molecule has 5 aromatic rings. The number of imidazole rings is 1. The molecule has 0 aromatic carbocycles. The highest BCUT2D eigenvalue weighted by molar-refractivity contribution is 5.91. The van der Waals surface area contributed by atoms with Crippen LogP contribution < -0.4 is 15.9 Å². The van der Waals surface area contributed by atoms with Crippen molar-refractivity contribution in [2.45, 2.75) is 26.2 Å². The Kier molecular flexibility index (Phi) is 6.62. The van der Waals surface area contributed by atoms with Crippen molar-refractivity contribution >= 4 is 28.9 Å². The topological polar surface area (TPSA) is 108 Å². The highest BCUT2D eigenvalue weighted by Gasteiger charge is 2.16. The minimum atomic E-state index is 0.618. The van der Waals surface area contributed by atoms with Gasteiger partial charge in [-0.2, -0.15) is 5.10 Å². The first-order chi connectivity index (χ1) is 18.7. The van der Waals surface area contributed by atoms with Gasteiger partial charge in [0.05, 0.1) is 16.6 Å². The maximum atomic E-state index is 4.78. The third-order valence-electron chi connectivity index (χ3n) is 7.15. The van der Waals surface area contributed by atoms with Crippen LogP contribution >= 0.6 is 0 Å². The molecule has 3 N–H and O–H groups in total. The van der Waals surface area contributed by atoms with Gasteiger partial charge in [-0.25, -0.2) is 9.97 Å². The maximum absolute atomic E-state index is 4.78. The van der Waals surface area contributed by atoms with Crippen molar-refractivity contribution in [1.82, 2.24) is 40.4 Å². The van der Waals surface area contributed by atoms with Crippen molar-refractivity contribution in [3.05, 3.63) is 83.4 Å². The Morgan fingerprint density at radius 3 is 2.82 bits per heavy atom. The average Bonchev–Trinajstić information content (AvgIpc) is 3.58. The Balaban J connectivity index is 1.37. The van der Waals surface area contributed by atoms with Crippen LogP contribution in [0.5, 0.6) is 0 Å². The summed E-state index contributed by atoms with van der Waals surface area (Å²) in [6.07, 6.45) is 14.9. The smallest absolute Gasteiger partial charge is 0.178 e. The predicted molar refractivity (Wildman–Crippen MR) is 151 cm³/mol. The molecular formula is C30H30N8. The van der Waals surface area contributed by atoms with E-state index in [0.717, 1.165) is 58.0 Å². The molecule has 1 saturated heterocycles. The zero-order chi connectivity index (χ0) is 25.9. The molecule has 5 aromatic heterocycles. The lowest BCUT2D eigenvalue weighted by atomic mass is 9.91. The number of aromatic amines is 2. The molecule has 6 heterocycles. The van der Waals surface area contributed by atoms with Crippen LogP contribution in [0, 0.1) is 5.92 Å². The summed E-state index contributed by atoms with van der Waals surface area (Å²) in [5.41, 5.74) is 7.09. The van der Waals surface area contributed by atoms with Crippen molar-refractivity contribution in [2.24, 2.45) is 5.92 Å². The van der Waals surface area contributed by atoms with Crippen LogP contribution in [-0.4, -0.2) is 48.2 Å². The Morgan fingerprint density at radius 1 is 1.11 bits per heavy atom. The summed E-state index contributed by atoms with van der Waals surface area (Å²) in [5.74, 6) is 1.34. The second kappa shape index (κ2) is 10.5. The van der Waals surface area contributed by atoms with E-state index in [1.807, 2.05) is 49.7 Å². The lowest BCUT2D eigenvalue weighted by molar-refractivity contribution is 0.372. The van der Waals surface area contributed by atoms with Gasteiger partial charge in [0, 0.05) is 35.6 Å². The molecule has 1 aliphatic rings. The molecule has 8 nitrogen and oxygen atoms in total. The number of rotatable bonds is 6. The van der Waals surface area contributed by atoms with E-state index in [9.17, 15) is 0 Å². The molecule has 8 heteroatoms. The molecule has 0 unspecified atom stereocenters. The minimum Gasteiger partial charge on any atom is -0.335 e. The van der Waals surface area contributed by atoms with E-state index in [-0.39, 0.29) is 0 Å². The third-order valence-corrected chi connectivity index (χ3v) is 7.15. The second-order valence-electron chi connectivity index (χ2n) is 9.69. The molecule has 0 atom stereocenters. The summed E-state index contributed by atoms with van der Waals surface area (Å²) in [5, 5.41) is 13.0. The second-order valence-corrected chi connectivity index (χ2v) is 9.69. The SMILES string of the molecule is C=C(/C=c1/c(-c2nc3nccc(-c4ccccn4)c3[nH]2)n[nH]/c1=C/C)c1cncc(CC2CCNCC2)c1. The summed E-state index contributed by atoms with van der Waals surface area (Å²) >= 11 is 0. The first-order valence-corrected chi connectivity index (χ1v) is 13.0. The monoisotopic (exact) mass is 502 g/mol. The Morgan fingerprint density at radius 2 is 2.00 bits per heavy atom. The summed E-state index contributed by atoms with van der Waals surface area (Å²) in [7, 11) is 0. The number of H-pyrrole nitrogens is 2. The normalized spacial score (nSPS) is 15.4. The fraction of sp³-hybridized carbons (Fsp3) is 0.233. The number of allylic oxidation sites excluding steroid dienone is 1. The van der Waals surface area contributed by atoms with Crippen molar-refractivity contribution in [2.75, 3.05) is 13.1 Å². The first kappa shape index (κ1) is 23.9. The molecule has 0 amide bonds. The molecule has 6 rings (SSSR count). The van der Waals surface area contributed by atoms with Gasteiger partial charge in [-0.05, 0) is 92.2 Å². The van der Waals surface area contributed by atoms with E-state index in [4.69, 9.17) is 4.98 Å². The fourth-order valence-corrected chi connectivity index (χ4v) is 5.12. The summed E-state index contributed by atoms with van der Waals surface area (Å²) in [6.45, 7) is 8.56. The van der Waals surface area contributed by atoms with Gasteiger partial charge in [0.25, 0.3) is 0 Å². The Hall–Kier alpha value is -4.43. The Bertz CT molecular complexity index is 1710. The molecule has 0 bridgehead atoms. The standard InChI is InChI=1S/C30H30N8/c1-3-25-24(14-19(2)22-16-21(17-32-18-22)15-20-7-11-31-12-8-20)28(38-37-25)30-35-27-23(9-13-34-29(27)36-30)26-6-4-5-10-33-26/h3-6,9-10,13-14,16-18,20,31,37H,2,7-8,11-12,15H2,1H3,(H,34,35,36)/b24-14+,25-3+. The van der Waals surface area contributed by atoms with Crippen LogP contribution in [0.25, 0.3) is 51.7 Å². The zero-order valence-corrected chi connectivity index (χ0v) is 21.4. The highest BCUT2D eigenvalue weighted by Crippen LogP contribution is 2.26. The van der Waals surface area contributed by atoms with Gasteiger partial charge in [-0.3, -0.25) is 15.1 Å². The van der Waals surface area contributed by atoms with E-state index in [2.05, 4.69) is 54.2 Å². The number of nitrogens with one attached hydrogen (secondary N) is 3. The van der Waals surface area contributed by atoms with Crippen LogP contribution in [0.4, 0.5) is 0 Å². The number of aromatic nitrogens is 7. The van der Waals surface area contributed by atoms with E-state index >= 15 is 0 Å². The predicted octanol–water partition coefficient (Wildman–Crippen LogP) is 3.64. The lowest BCUT2D eigenvalue weighted by Crippen LogP contribution is -2.28. The van der Waals surface area contributed by atoms with Crippen LogP contribution in [0.1, 0.15) is 30.9 Å². The molecule has 0 aliphatic carbocycles. The third kappa shape index (κ3) is 4.78. The van der Waals surface area contributed by atoms with Crippen molar-refractivity contribution in [3.8, 4) is 22.8 Å². The zero-order valence-electron chi connectivity index (χ0n) is 21.4. The van der Waals surface area contributed by atoms with Crippen LogP contribution in [-0.2, 0) is 6.42 Å². The number of hydrogen-bond acceptors (Lipinski definition) is 6. The maximum Gasteiger partial charge on any atom is 0.178 e. The first-order valence-electron chi connectivity index (χ1n) is 13.0. The number of nitrogens with zero attached hydrogens (tertiary/aromatic N) is 5.